The first kappa shape index (κ1) is 14.7. The van der Waals surface area contributed by atoms with E-state index in [1.54, 1.807) is 0 Å². The number of carbonyl (C=O) groups is 1. The van der Waals surface area contributed by atoms with Gasteiger partial charge in [-0.2, -0.15) is 0 Å². The van der Waals surface area contributed by atoms with Crippen LogP contribution in [0.5, 0.6) is 0 Å². The summed E-state index contributed by atoms with van der Waals surface area (Å²) in [5, 5.41) is 0. The number of unbranched alkanes of at least 4 members (excludes halogenated alkanes) is 1. The van der Waals surface area contributed by atoms with Crippen LogP contribution < -0.4 is 5.73 Å². The quantitative estimate of drug-likeness (QED) is 0.830. The number of thiophene rings is 1. The van der Waals surface area contributed by atoms with Gasteiger partial charge in [0.2, 0.25) is 0 Å². The summed E-state index contributed by atoms with van der Waals surface area (Å²) >= 11 is 1.44. The van der Waals surface area contributed by atoms with Crippen molar-refractivity contribution in [3.63, 3.8) is 0 Å². The van der Waals surface area contributed by atoms with Gasteiger partial charge in [0.1, 0.15) is 0 Å². The second-order valence-corrected chi connectivity index (χ2v) is 4.99. The fraction of sp³-hybridized carbons (Fsp3) is 0.500. The molecule has 0 aliphatic heterocycles. The minimum atomic E-state index is 0.108. The molecule has 1 amide bonds. The van der Waals surface area contributed by atoms with Gasteiger partial charge in [-0.1, -0.05) is 25.2 Å². The molecule has 2 N–H and O–H groups in total. The number of hydrogen-bond acceptors (Lipinski definition) is 3. The van der Waals surface area contributed by atoms with Gasteiger partial charge in [0.25, 0.3) is 5.91 Å². The van der Waals surface area contributed by atoms with Crippen LogP contribution in [0.15, 0.2) is 12.1 Å². The summed E-state index contributed by atoms with van der Waals surface area (Å²) < 4.78 is 0. The smallest absolute Gasteiger partial charge is 0.263 e. The third-order valence-electron chi connectivity index (χ3n) is 2.58. The van der Waals surface area contributed by atoms with Crippen molar-refractivity contribution in [3.8, 4) is 11.8 Å². The minimum absolute atomic E-state index is 0.108. The Labute approximate surface area is 113 Å². The second-order valence-electron chi connectivity index (χ2n) is 3.91. The van der Waals surface area contributed by atoms with Crippen LogP contribution in [0, 0.1) is 11.8 Å². The van der Waals surface area contributed by atoms with Gasteiger partial charge in [0.15, 0.2) is 0 Å². The molecule has 0 aliphatic carbocycles. The number of nitrogens with zero attached hydrogens (tertiary/aromatic N) is 1. The van der Waals surface area contributed by atoms with E-state index in [1.807, 2.05) is 24.0 Å². The van der Waals surface area contributed by atoms with E-state index in [0.717, 1.165) is 35.7 Å². The number of rotatable bonds is 5. The van der Waals surface area contributed by atoms with Crippen molar-refractivity contribution in [2.45, 2.75) is 26.7 Å². The zero-order valence-corrected chi connectivity index (χ0v) is 11.8. The van der Waals surface area contributed by atoms with Gasteiger partial charge in [0.05, 0.1) is 16.3 Å². The zero-order valence-electron chi connectivity index (χ0n) is 11.0. The Balaban J connectivity index is 2.72. The minimum Gasteiger partial charge on any atom is -0.338 e. The lowest BCUT2D eigenvalue weighted by Gasteiger charge is -2.19. The molecule has 1 heterocycles. The van der Waals surface area contributed by atoms with E-state index in [-0.39, 0.29) is 5.91 Å². The van der Waals surface area contributed by atoms with Gasteiger partial charge in [-0.05, 0) is 25.5 Å². The molecule has 0 atom stereocenters. The molecule has 0 saturated heterocycles. The molecule has 0 bridgehead atoms. The van der Waals surface area contributed by atoms with Crippen LogP contribution in [0.2, 0.25) is 0 Å². The van der Waals surface area contributed by atoms with Gasteiger partial charge < -0.3 is 10.6 Å². The zero-order chi connectivity index (χ0) is 13.4. The summed E-state index contributed by atoms with van der Waals surface area (Å²) in [6, 6.07) is 3.73. The fourth-order valence-corrected chi connectivity index (χ4v) is 2.41. The molecular weight excluding hydrogens is 244 g/mol. The Morgan fingerprint density at radius 2 is 2.22 bits per heavy atom. The SMILES string of the molecule is CCCCN(CC)C(=O)c1ccc(C#CCN)s1. The summed E-state index contributed by atoms with van der Waals surface area (Å²) in [6.07, 6.45) is 2.15. The number of nitrogens with two attached hydrogens (primary N) is 1. The first-order chi connectivity index (χ1) is 8.72. The molecule has 4 heteroatoms. The van der Waals surface area contributed by atoms with Crippen LogP contribution in [0.3, 0.4) is 0 Å². The molecule has 0 radical (unpaired) electrons. The summed E-state index contributed by atoms with van der Waals surface area (Å²) in [7, 11) is 0. The topological polar surface area (TPSA) is 46.3 Å². The molecule has 0 unspecified atom stereocenters. The van der Waals surface area contributed by atoms with E-state index in [2.05, 4.69) is 18.8 Å². The van der Waals surface area contributed by atoms with Crippen molar-refractivity contribution in [1.82, 2.24) is 4.90 Å². The Morgan fingerprint density at radius 1 is 1.44 bits per heavy atom. The van der Waals surface area contributed by atoms with Crippen molar-refractivity contribution in [1.29, 1.82) is 0 Å². The Morgan fingerprint density at radius 3 is 2.83 bits per heavy atom. The third kappa shape index (κ3) is 4.17. The van der Waals surface area contributed by atoms with Crippen LogP contribution in [0.1, 0.15) is 41.2 Å². The van der Waals surface area contributed by atoms with Crippen LogP contribution in [-0.2, 0) is 0 Å². The molecule has 18 heavy (non-hydrogen) atoms. The van der Waals surface area contributed by atoms with Crippen molar-refractivity contribution >= 4 is 17.2 Å². The molecule has 1 rings (SSSR count). The number of carbonyl (C=O) groups excluding carboxylic acids is 1. The van der Waals surface area contributed by atoms with Gasteiger partial charge in [-0.3, -0.25) is 4.79 Å². The van der Waals surface area contributed by atoms with E-state index in [9.17, 15) is 4.79 Å². The lowest BCUT2D eigenvalue weighted by Crippen LogP contribution is -2.31. The number of hydrogen-bond donors (Lipinski definition) is 1. The average Bonchev–Trinajstić information content (AvgIpc) is 2.85. The largest absolute Gasteiger partial charge is 0.338 e. The number of amides is 1. The molecule has 98 valence electrons. The van der Waals surface area contributed by atoms with Gasteiger partial charge in [0, 0.05) is 13.1 Å². The average molecular weight is 264 g/mol. The molecule has 1 aromatic heterocycles. The summed E-state index contributed by atoms with van der Waals surface area (Å²) in [6.45, 7) is 6.06. The van der Waals surface area contributed by atoms with E-state index < -0.39 is 0 Å². The van der Waals surface area contributed by atoms with Crippen molar-refractivity contribution in [2.75, 3.05) is 19.6 Å². The normalized spacial score (nSPS) is 9.72. The molecule has 3 nitrogen and oxygen atoms in total. The van der Waals surface area contributed by atoms with Crippen molar-refractivity contribution in [3.05, 3.63) is 21.9 Å². The maximum Gasteiger partial charge on any atom is 0.263 e. The molecule has 0 fully saturated rings. The lowest BCUT2D eigenvalue weighted by molar-refractivity contribution is 0.0767. The standard InChI is InChI=1S/C14H20N2OS/c1-3-5-11-16(4-2)14(17)13-9-8-12(18-13)7-6-10-15/h8-9H,3-5,10-11,15H2,1-2H3. The Hall–Kier alpha value is -1.31. The highest BCUT2D eigenvalue weighted by Gasteiger charge is 2.15. The molecule has 1 aromatic rings. The highest BCUT2D eigenvalue weighted by Crippen LogP contribution is 2.17. The molecule has 0 aliphatic rings. The van der Waals surface area contributed by atoms with E-state index in [4.69, 9.17) is 5.73 Å². The second kappa shape index (κ2) is 7.91. The van der Waals surface area contributed by atoms with Crippen molar-refractivity contribution in [2.24, 2.45) is 5.73 Å². The maximum atomic E-state index is 12.2. The molecule has 0 spiro atoms. The Kier molecular flexibility index (Phi) is 6.48. The van der Waals surface area contributed by atoms with Crippen molar-refractivity contribution < 1.29 is 4.79 Å². The van der Waals surface area contributed by atoms with E-state index in [0.29, 0.717) is 6.54 Å². The van der Waals surface area contributed by atoms with Gasteiger partial charge in [-0.15, -0.1) is 11.3 Å². The molecule has 0 saturated carbocycles. The summed E-state index contributed by atoms with van der Waals surface area (Å²) in [5.74, 6) is 5.86. The highest BCUT2D eigenvalue weighted by atomic mass is 32.1. The summed E-state index contributed by atoms with van der Waals surface area (Å²) in [4.78, 5) is 15.8. The van der Waals surface area contributed by atoms with Gasteiger partial charge >= 0.3 is 0 Å². The van der Waals surface area contributed by atoms with Crippen LogP contribution in [0.4, 0.5) is 0 Å². The third-order valence-corrected chi connectivity index (χ3v) is 3.57. The molecular formula is C14H20N2OS. The summed E-state index contributed by atoms with van der Waals surface area (Å²) in [5.41, 5.74) is 5.32. The predicted octanol–water partition coefficient (Wildman–Crippen LogP) is 2.32. The Bertz CT molecular complexity index is 442. The van der Waals surface area contributed by atoms with E-state index in [1.165, 1.54) is 11.3 Å². The first-order valence-electron chi connectivity index (χ1n) is 6.31. The van der Waals surface area contributed by atoms with Crippen LogP contribution >= 0.6 is 11.3 Å². The first-order valence-corrected chi connectivity index (χ1v) is 7.12. The van der Waals surface area contributed by atoms with Crippen LogP contribution in [-0.4, -0.2) is 30.4 Å². The van der Waals surface area contributed by atoms with Crippen LogP contribution in [0.25, 0.3) is 0 Å². The van der Waals surface area contributed by atoms with E-state index >= 15 is 0 Å². The predicted molar refractivity (Wildman–Crippen MR) is 76.7 cm³/mol. The fourth-order valence-electron chi connectivity index (χ4n) is 1.57. The molecule has 0 aromatic carbocycles. The monoisotopic (exact) mass is 264 g/mol. The highest BCUT2D eigenvalue weighted by molar-refractivity contribution is 7.14. The van der Waals surface area contributed by atoms with Gasteiger partial charge in [-0.25, -0.2) is 0 Å². The maximum absolute atomic E-state index is 12.2. The lowest BCUT2D eigenvalue weighted by atomic mass is 10.3.